The second-order valence-electron chi connectivity index (χ2n) is 7.64. The standard InChI is InChI=1S/C18H20F2O/c19-14-1-2-16(20)15(6-14)17(21)10-18-7-11-3-12(8-18)5-13(4-11)9-18/h1-2,6,11-13H,3-5,7-10H2. The molecule has 0 N–H and O–H groups in total. The van der Waals surface area contributed by atoms with Crippen molar-refractivity contribution in [2.45, 2.75) is 44.9 Å². The monoisotopic (exact) mass is 290 g/mol. The first kappa shape index (κ1) is 13.4. The van der Waals surface area contributed by atoms with Crippen molar-refractivity contribution in [1.82, 2.24) is 0 Å². The Labute approximate surface area is 123 Å². The highest BCUT2D eigenvalue weighted by atomic mass is 19.1. The molecule has 1 aromatic carbocycles. The molecule has 0 heterocycles. The van der Waals surface area contributed by atoms with Crippen molar-refractivity contribution in [3.8, 4) is 0 Å². The van der Waals surface area contributed by atoms with Gasteiger partial charge in [-0.3, -0.25) is 4.79 Å². The normalized spacial score (nSPS) is 37.0. The summed E-state index contributed by atoms with van der Waals surface area (Å²) in [7, 11) is 0. The summed E-state index contributed by atoms with van der Waals surface area (Å²) in [5.74, 6) is 0.953. The molecule has 0 spiro atoms. The molecule has 4 aliphatic carbocycles. The van der Waals surface area contributed by atoms with E-state index in [1.165, 1.54) is 19.3 Å². The summed E-state index contributed by atoms with van der Waals surface area (Å²) in [5.41, 5.74) is 0.00987. The van der Waals surface area contributed by atoms with E-state index in [-0.39, 0.29) is 16.8 Å². The van der Waals surface area contributed by atoms with Crippen molar-refractivity contribution in [1.29, 1.82) is 0 Å². The Morgan fingerprint density at radius 3 is 2.19 bits per heavy atom. The molecule has 112 valence electrons. The van der Waals surface area contributed by atoms with Gasteiger partial charge in [-0.15, -0.1) is 0 Å². The molecule has 4 fully saturated rings. The molecule has 21 heavy (non-hydrogen) atoms. The van der Waals surface area contributed by atoms with E-state index < -0.39 is 11.6 Å². The number of carbonyl (C=O) groups excluding carboxylic acids is 1. The highest BCUT2D eigenvalue weighted by Gasteiger charge is 2.51. The molecule has 1 nitrogen and oxygen atoms in total. The molecule has 0 saturated heterocycles. The maximum atomic E-state index is 13.8. The summed E-state index contributed by atoms with van der Waals surface area (Å²) in [6.07, 6.45) is 7.70. The fraction of sp³-hybridized carbons (Fsp3) is 0.611. The van der Waals surface area contributed by atoms with Crippen LogP contribution in [-0.4, -0.2) is 5.78 Å². The zero-order valence-electron chi connectivity index (χ0n) is 12.1. The van der Waals surface area contributed by atoms with Gasteiger partial charge in [0, 0.05) is 6.42 Å². The van der Waals surface area contributed by atoms with Crippen molar-refractivity contribution in [3.63, 3.8) is 0 Å². The van der Waals surface area contributed by atoms with Crippen LogP contribution in [0.1, 0.15) is 55.3 Å². The highest BCUT2D eigenvalue weighted by Crippen LogP contribution is 2.61. The van der Waals surface area contributed by atoms with Crippen LogP contribution in [0.5, 0.6) is 0 Å². The van der Waals surface area contributed by atoms with Crippen LogP contribution >= 0.6 is 0 Å². The molecular weight excluding hydrogens is 270 g/mol. The van der Waals surface area contributed by atoms with Gasteiger partial charge in [0.15, 0.2) is 5.78 Å². The van der Waals surface area contributed by atoms with Crippen molar-refractivity contribution in [2.75, 3.05) is 0 Å². The summed E-state index contributed by atoms with van der Waals surface area (Å²) in [5, 5.41) is 0. The molecule has 0 unspecified atom stereocenters. The first-order valence-corrected chi connectivity index (χ1v) is 8.01. The van der Waals surface area contributed by atoms with Gasteiger partial charge in [-0.1, -0.05) is 0 Å². The van der Waals surface area contributed by atoms with E-state index in [1.54, 1.807) is 0 Å². The van der Waals surface area contributed by atoms with Gasteiger partial charge in [-0.2, -0.15) is 0 Å². The number of rotatable bonds is 3. The number of hydrogen-bond donors (Lipinski definition) is 0. The Kier molecular flexibility index (Phi) is 2.95. The van der Waals surface area contributed by atoms with Crippen LogP contribution < -0.4 is 0 Å². The van der Waals surface area contributed by atoms with Gasteiger partial charge in [0.2, 0.25) is 0 Å². The van der Waals surface area contributed by atoms with Crippen molar-refractivity contribution in [3.05, 3.63) is 35.4 Å². The summed E-state index contributed by atoms with van der Waals surface area (Å²) in [4.78, 5) is 12.5. The zero-order chi connectivity index (χ0) is 14.6. The molecular formula is C18H20F2O. The Hall–Kier alpha value is -1.25. The lowest BCUT2D eigenvalue weighted by Gasteiger charge is -2.56. The van der Waals surface area contributed by atoms with Crippen molar-refractivity contribution in [2.24, 2.45) is 23.2 Å². The van der Waals surface area contributed by atoms with Gasteiger partial charge < -0.3 is 0 Å². The summed E-state index contributed by atoms with van der Waals surface area (Å²) < 4.78 is 27.1. The Morgan fingerprint density at radius 1 is 1.05 bits per heavy atom. The van der Waals surface area contributed by atoms with Gasteiger partial charge in [-0.25, -0.2) is 8.78 Å². The molecule has 5 rings (SSSR count). The topological polar surface area (TPSA) is 17.1 Å². The largest absolute Gasteiger partial charge is 0.294 e. The van der Waals surface area contributed by atoms with E-state index in [9.17, 15) is 13.6 Å². The van der Waals surface area contributed by atoms with Crippen LogP contribution in [0.3, 0.4) is 0 Å². The molecule has 4 bridgehead atoms. The second-order valence-corrected chi connectivity index (χ2v) is 7.64. The zero-order valence-corrected chi connectivity index (χ0v) is 12.1. The van der Waals surface area contributed by atoms with Gasteiger partial charge in [0.25, 0.3) is 0 Å². The number of benzene rings is 1. The SMILES string of the molecule is O=C(CC12CC3CC(CC(C3)C1)C2)c1cc(F)ccc1F. The minimum absolute atomic E-state index is 0.0641. The predicted molar refractivity (Wildman–Crippen MR) is 75.9 cm³/mol. The molecule has 0 amide bonds. The van der Waals surface area contributed by atoms with Crippen molar-refractivity contribution < 1.29 is 13.6 Å². The lowest BCUT2D eigenvalue weighted by atomic mass is 9.48. The third-order valence-corrected chi connectivity index (χ3v) is 5.93. The Bertz CT molecular complexity index is 558. The number of hydrogen-bond acceptors (Lipinski definition) is 1. The smallest absolute Gasteiger partial charge is 0.166 e. The number of carbonyl (C=O) groups is 1. The maximum absolute atomic E-state index is 13.8. The second kappa shape index (κ2) is 4.62. The number of ketones is 1. The molecule has 0 aromatic heterocycles. The van der Waals surface area contributed by atoms with Crippen LogP contribution in [-0.2, 0) is 0 Å². The van der Waals surface area contributed by atoms with Crippen LogP contribution in [0, 0.1) is 34.8 Å². The average molecular weight is 290 g/mol. The van der Waals surface area contributed by atoms with E-state index in [0.29, 0.717) is 6.42 Å². The first-order valence-electron chi connectivity index (χ1n) is 8.01. The predicted octanol–water partition coefficient (Wildman–Crippen LogP) is 4.75. The van der Waals surface area contributed by atoms with Gasteiger partial charge in [0.05, 0.1) is 5.56 Å². The Morgan fingerprint density at radius 2 is 1.62 bits per heavy atom. The van der Waals surface area contributed by atoms with Crippen LogP contribution in [0.25, 0.3) is 0 Å². The minimum atomic E-state index is -0.592. The lowest BCUT2D eigenvalue weighted by molar-refractivity contribution is -0.0524. The van der Waals surface area contributed by atoms with E-state index in [4.69, 9.17) is 0 Å². The van der Waals surface area contributed by atoms with Gasteiger partial charge in [-0.05, 0) is 79.9 Å². The summed E-state index contributed by atoms with van der Waals surface area (Å²) in [6, 6.07) is 3.18. The molecule has 4 saturated carbocycles. The first-order chi connectivity index (χ1) is 10.0. The Balaban J connectivity index is 1.58. The van der Waals surface area contributed by atoms with Crippen molar-refractivity contribution >= 4 is 5.78 Å². The van der Waals surface area contributed by atoms with Gasteiger partial charge in [0.1, 0.15) is 11.6 Å². The summed E-state index contributed by atoms with van der Waals surface area (Å²) >= 11 is 0. The van der Waals surface area contributed by atoms with E-state index in [0.717, 1.165) is 55.2 Å². The van der Waals surface area contributed by atoms with E-state index in [1.807, 2.05) is 0 Å². The van der Waals surface area contributed by atoms with Crippen LogP contribution in [0.15, 0.2) is 18.2 Å². The summed E-state index contributed by atoms with van der Waals surface area (Å²) in [6.45, 7) is 0. The third-order valence-electron chi connectivity index (χ3n) is 5.93. The molecule has 0 atom stereocenters. The van der Waals surface area contributed by atoms with Crippen LogP contribution in [0.2, 0.25) is 0 Å². The highest BCUT2D eigenvalue weighted by molar-refractivity contribution is 5.96. The van der Waals surface area contributed by atoms with Crippen LogP contribution in [0.4, 0.5) is 8.78 Å². The quantitative estimate of drug-likeness (QED) is 0.734. The van der Waals surface area contributed by atoms with Gasteiger partial charge >= 0.3 is 0 Å². The molecule has 0 radical (unpaired) electrons. The minimum Gasteiger partial charge on any atom is -0.294 e. The third kappa shape index (κ3) is 2.31. The lowest BCUT2D eigenvalue weighted by Crippen LogP contribution is -2.46. The average Bonchev–Trinajstić information content (AvgIpc) is 2.39. The fourth-order valence-electron chi connectivity index (χ4n) is 5.65. The fourth-order valence-corrected chi connectivity index (χ4v) is 5.65. The maximum Gasteiger partial charge on any atom is 0.166 e. The van der Waals surface area contributed by atoms with E-state index >= 15 is 0 Å². The molecule has 1 aromatic rings. The molecule has 4 aliphatic rings. The molecule has 3 heteroatoms. The molecule has 0 aliphatic heterocycles. The number of Topliss-reactive ketones (excluding diaryl/α,β-unsaturated/α-hetero) is 1. The number of halogens is 2. The van der Waals surface area contributed by atoms with E-state index in [2.05, 4.69) is 0 Å².